The van der Waals surface area contributed by atoms with Crippen LogP contribution < -0.4 is 14.8 Å². The van der Waals surface area contributed by atoms with Crippen LogP contribution in [0.5, 0.6) is 11.5 Å². The van der Waals surface area contributed by atoms with E-state index in [1.807, 2.05) is 31.2 Å². The van der Waals surface area contributed by atoms with Gasteiger partial charge < -0.3 is 14.8 Å². The third kappa shape index (κ3) is 4.83. The topological polar surface area (TPSA) is 71.3 Å². The van der Waals surface area contributed by atoms with E-state index in [0.29, 0.717) is 30.0 Å². The molecule has 6 heteroatoms. The molecule has 3 aromatic rings. The first-order valence-electron chi connectivity index (χ1n) is 10.4. The van der Waals surface area contributed by atoms with E-state index < -0.39 is 5.41 Å². The molecule has 0 saturated carbocycles. The molecule has 162 valence electrons. The number of unbranched alkanes of at least 4 members (excludes halogenated alkanes) is 1. The number of hydrogen-bond donors (Lipinski definition) is 1. The van der Waals surface area contributed by atoms with Crippen LogP contribution in [-0.2, 0) is 16.6 Å². The molecule has 0 radical (unpaired) electrons. The molecule has 1 aromatic heterocycles. The van der Waals surface area contributed by atoms with Gasteiger partial charge in [0.2, 0.25) is 5.91 Å². The molecule has 0 aliphatic rings. The molecule has 0 fully saturated rings. The number of methoxy groups -OCH3 is 2. The van der Waals surface area contributed by atoms with Crippen molar-refractivity contribution in [1.82, 2.24) is 5.32 Å². The summed E-state index contributed by atoms with van der Waals surface area (Å²) < 4.78 is 11.9. The Morgan fingerprint density at radius 3 is 2.42 bits per heavy atom. The lowest BCUT2D eigenvalue weighted by molar-refractivity contribution is -0.126. The van der Waals surface area contributed by atoms with Gasteiger partial charge in [0, 0.05) is 28.6 Å². The Morgan fingerprint density at radius 1 is 1.13 bits per heavy atom. The maximum absolute atomic E-state index is 13.3. The Hall–Kier alpha value is -3.04. The zero-order chi connectivity index (χ0) is 22.4. The summed E-state index contributed by atoms with van der Waals surface area (Å²) in [5.41, 5.74) is 0.725. The third-order valence-corrected chi connectivity index (χ3v) is 6.67. The zero-order valence-electron chi connectivity index (χ0n) is 18.5. The minimum Gasteiger partial charge on any atom is -0.493 e. The molecule has 0 bridgehead atoms. The van der Waals surface area contributed by atoms with Crippen molar-refractivity contribution >= 4 is 27.3 Å². The summed E-state index contributed by atoms with van der Waals surface area (Å²) >= 11 is 1.65. The van der Waals surface area contributed by atoms with Crippen LogP contribution in [0.15, 0.2) is 42.5 Å². The highest BCUT2D eigenvalue weighted by atomic mass is 32.1. The van der Waals surface area contributed by atoms with Crippen molar-refractivity contribution in [3.05, 3.63) is 58.5 Å². The highest BCUT2D eigenvalue weighted by molar-refractivity contribution is 7.19. The highest BCUT2D eigenvalue weighted by Crippen LogP contribution is 2.39. The molecule has 1 N–H and O–H groups in total. The van der Waals surface area contributed by atoms with Crippen LogP contribution in [0.3, 0.4) is 0 Å². The molecule has 2 aromatic carbocycles. The van der Waals surface area contributed by atoms with Crippen molar-refractivity contribution < 1.29 is 14.3 Å². The number of benzene rings is 2. The van der Waals surface area contributed by atoms with Crippen molar-refractivity contribution in [1.29, 1.82) is 5.26 Å². The average molecular weight is 437 g/mol. The standard InChI is InChI=1S/C25H28N2O3S/c1-5-6-11-27-24(28)25(2,19-9-7-17(16-26)8-10-19)15-20-12-18-13-21(29-3)22(30-4)14-23(18)31-20/h7-10,12-14H,5-6,11,15H2,1-4H3,(H,27,28). The Balaban J connectivity index is 1.99. The molecule has 1 heterocycles. The number of nitrogens with one attached hydrogen (secondary N) is 1. The quantitative estimate of drug-likeness (QED) is 0.468. The van der Waals surface area contributed by atoms with Gasteiger partial charge in [-0.1, -0.05) is 25.5 Å². The van der Waals surface area contributed by atoms with Crippen LogP contribution >= 0.6 is 11.3 Å². The summed E-state index contributed by atoms with van der Waals surface area (Å²) in [4.78, 5) is 14.4. The monoisotopic (exact) mass is 436 g/mol. The first-order chi connectivity index (χ1) is 14.9. The van der Waals surface area contributed by atoms with E-state index in [0.717, 1.165) is 33.4 Å². The number of fused-ring (bicyclic) bond motifs is 1. The largest absolute Gasteiger partial charge is 0.493 e. The van der Waals surface area contributed by atoms with E-state index >= 15 is 0 Å². The van der Waals surface area contributed by atoms with Crippen molar-refractivity contribution in [3.8, 4) is 17.6 Å². The number of hydrogen-bond acceptors (Lipinski definition) is 5. The van der Waals surface area contributed by atoms with Crippen LogP contribution in [0.1, 0.15) is 42.7 Å². The Labute approximate surface area is 187 Å². The van der Waals surface area contributed by atoms with Crippen LogP contribution in [0.25, 0.3) is 10.1 Å². The second kappa shape index (κ2) is 9.84. The second-order valence-electron chi connectivity index (χ2n) is 7.77. The minimum absolute atomic E-state index is 0.00160. The smallest absolute Gasteiger partial charge is 0.230 e. The van der Waals surface area contributed by atoms with Crippen LogP contribution in [0, 0.1) is 11.3 Å². The number of carbonyl (C=O) groups excluding carboxylic acids is 1. The number of rotatable bonds is 9. The van der Waals surface area contributed by atoms with Gasteiger partial charge in [-0.05, 0) is 48.6 Å². The molecular weight excluding hydrogens is 408 g/mol. The normalized spacial score (nSPS) is 12.7. The number of thiophene rings is 1. The molecule has 0 aliphatic carbocycles. The summed E-state index contributed by atoms with van der Waals surface area (Å²) in [6.45, 7) is 4.73. The van der Waals surface area contributed by atoms with Crippen molar-refractivity contribution in [3.63, 3.8) is 0 Å². The zero-order valence-corrected chi connectivity index (χ0v) is 19.3. The third-order valence-electron chi connectivity index (χ3n) is 5.57. The van der Waals surface area contributed by atoms with Gasteiger partial charge in [0.1, 0.15) is 0 Å². The number of nitriles is 1. The molecule has 1 unspecified atom stereocenters. The van der Waals surface area contributed by atoms with Gasteiger partial charge in [0.15, 0.2) is 11.5 Å². The van der Waals surface area contributed by atoms with E-state index in [1.54, 1.807) is 37.7 Å². The Bertz CT molecular complexity index is 1060. The van der Waals surface area contributed by atoms with Gasteiger partial charge in [0.05, 0.1) is 31.3 Å². The molecule has 1 amide bonds. The molecule has 5 nitrogen and oxygen atoms in total. The van der Waals surface area contributed by atoms with Crippen molar-refractivity contribution in [2.24, 2.45) is 0 Å². The Kier molecular flexibility index (Phi) is 7.19. The number of amides is 1. The number of nitrogens with zero attached hydrogens (tertiary/aromatic N) is 1. The van der Waals surface area contributed by atoms with E-state index in [-0.39, 0.29) is 5.91 Å². The average Bonchev–Trinajstić information content (AvgIpc) is 3.18. The molecule has 3 rings (SSSR count). The first-order valence-corrected chi connectivity index (χ1v) is 11.2. The van der Waals surface area contributed by atoms with E-state index in [4.69, 9.17) is 14.7 Å². The predicted molar refractivity (Wildman–Crippen MR) is 125 cm³/mol. The fourth-order valence-corrected chi connectivity index (χ4v) is 4.89. The van der Waals surface area contributed by atoms with Gasteiger partial charge in [-0.25, -0.2) is 0 Å². The van der Waals surface area contributed by atoms with Crippen LogP contribution in [-0.4, -0.2) is 26.7 Å². The SMILES string of the molecule is CCCCNC(=O)C(C)(Cc1cc2cc(OC)c(OC)cc2s1)c1ccc(C#N)cc1. The summed E-state index contributed by atoms with van der Waals surface area (Å²) in [6, 6.07) is 15.5. The fraction of sp³-hybridized carbons (Fsp3) is 0.360. The van der Waals surface area contributed by atoms with Crippen LogP contribution in [0.2, 0.25) is 0 Å². The van der Waals surface area contributed by atoms with Crippen LogP contribution in [0.4, 0.5) is 0 Å². The number of carbonyl (C=O) groups is 1. The fourth-order valence-electron chi connectivity index (χ4n) is 3.66. The van der Waals surface area contributed by atoms with E-state index in [2.05, 4.69) is 24.4 Å². The summed E-state index contributed by atoms with van der Waals surface area (Å²) in [5.74, 6) is 1.38. The van der Waals surface area contributed by atoms with Gasteiger partial charge in [-0.15, -0.1) is 11.3 Å². The maximum atomic E-state index is 13.3. The molecule has 0 spiro atoms. The minimum atomic E-state index is -0.753. The molecule has 1 atom stereocenters. The van der Waals surface area contributed by atoms with E-state index in [1.165, 1.54) is 0 Å². The lowest BCUT2D eigenvalue weighted by atomic mass is 9.77. The predicted octanol–water partition coefficient (Wildman–Crippen LogP) is 5.21. The summed E-state index contributed by atoms with van der Waals surface area (Å²) in [6.07, 6.45) is 2.52. The molecule has 31 heavy (non-hydrogen) atoms. The molecule has 0 aliphatic heterocycles. The van der Waals surface area contributed by atoms with E-state index in [9.17, 15) is 4.79 Å². The molecular formula is C25H28N2O3S. The van der Waals surface area contributed by atoms with Crippen molar-refractivity contribution in [2.75, 3.05) is 20.8 Å². The van der Waals surface area contributed by atoms with Gasteiger partial charge in [0.25, 0.3) is 0 Å². The number of ether oxygens (including phenoxy) is 2. The highest BCUT2D eigenvalue weighted by Gasteiger charge is 2.36. The summed E-state index contributed by atoms with van der Waals surface area (Å²) in [5, 5.41) is 13.3. The first kappa shape index (κ1) is 22.6. The Morgan fingerprint density at radius 2 is 1.81 bits per heavy atom. The summed E-state index contributed by atoms with van der Waals surface area (Å²) in [7, 11) is 3.25. The maximum Gasteiger partial charge on any atom is 0.230 e. The van der Waals surface area contributed by atoms with Gasteiger partial charge in [-0.2, -0.15) is 5.26 Å². The van der Waals surface area contributed by atoms with Gasteiger partial charge >= 0.3 is 0 Å². The van der Waals surface area contributed by atoms with Gasteiger partial charge in [-0.3, -0.25) is 4.79 Å². The van der Waals surface area contributed by atoms with Crippen molar-refractivity contribution in [2.45, 2.75) is 38.5 Å². The lowest BCUT2D eigenvalue weighted by Gasteiger charge is -2.29. The second-order valence-corrected chi connectivity index (χ2v) is 8.93. The lowest BCUT2D eigenvalue weighted by Crippen LogP contribution is -2.44. The molecule has 0 saturated heterocycles.